The Morgan fingerprint density at radius 1 is 1.19 bits per heavy atom. The number of amides is 2. The van der Waals surface area contributed by atoms with E-state index < -0.39 is 41.6 Å². The Kier molecular flexibility index (Phi) is 7.29. The number of nitrogens with zero attached hydrogens (tertiary/aromatic N) is 1. The van der Waals surface area contributed by atoms with Gasteiger partial charge in [0.2, 0.25) is 5.91 Å². The van der Waals surface area contributed by atoms with E-state index in [0.717, 1.165) is 12.8 Å². The molecule has 0 spiro atoms. The zero-order valence-electron chi connectivity index (χ0n) is 22.8. The number of aldehydes is 1. The molecular formula is C31H30N2O9. The molecule has 11 nitrogen and oxygen atoms in total. The Morgan fingerprint density at radius 2 is 1.98 bits per heavy atom. The summed E-state index contributed by atoms with van der Waals surface area (Å²) in [4.78, 5) is 53.6. The lowest BCUT2D eigenvalue weighted by atomic mass is 9.77. The largest absolute Gasteiger partial charge is 0.493 e. The van der Waals surface area contributed by atoms with E-state index >= 15 is 0 Å². The zero-order chi connectivity index (χ0) is 29.5. The predicted octanol–water partition coefficient (Wildman–Crippen LogP) is 1.79. The number of nitrogens with one attached hydrogen (secondary N) is 1. The van der Waals surface area contributed by atoms with Crippen LogP contribution in [0.3, 0.4) is 0 Å². The Labute approximate surface area is 240 Å². The van der Waals surface area contributed by atoms with Crippen molar-refractivity contribution in [2.75, 3.05) is 26.8 Å². The highest BCUT2D eigenvalue weighted by Crippen LogP contribution is 2.51. The zero-order valence-corrected chi connectivity index (χ0v) is 22.8. The number of hydrogen-bond donors (Lipinski definition) is 3. The highest BCUT2D eigenvalue weighted by atomic mass is 16.5. The number of aliphatic hydroxyl groups excluding tert-OH is 2. The number of rotatable bonds is 9. The van der Waals surface area contributed by atoms with Crippen molar-refractivity contribution in [1.82, 2.24) is 10.2 Å². The van der Waals surface area contributed by atoms with Crippen LogP contribution in [0, 0.1) is 5.92 Å². The molecule has 1 saturated carbocycles. The predicted molar refractivity (Wildman–Crippen MR) is 150 cm³/mol. The number of carbonyl (C=O) groups excluding carboxylic acids is 3. The first-order valence-corrected chi connectivity index (χ1v) is 13.8. The van der Waals surface area contributed by atoms with Gasteiger partial charge >= 0.3 is 5.63 Å². The maximum absolute atomic E-state index is 14.1. The van der Waals surface area contributed by atoms with Gasteiger partial charge in [0.25, 0.3) is 5.91 Å². The van der Waals surface area contributed by atoms with Crippen LogP contribution in [0.5, 0.6) is 11.5 Å². The van der Waals surface area contributed by atoms with Crippen LogP contribution in [0.1, 0.15) is 45.0 Å². The lowest BCUT2D eigenvalue weighted by Crippen LogP contribution is -2.56. The molecule has 0 unspecified atom stereocenters. The molecule has 3 aliphatic rings. The SMILES string of the molecule is COc1cc(C=O)cc2c1O[C@@H]1[C@@H](O)[C@H](N(CC3CC3)C(=O)c3cc4ccccc4oc3=O)C=C(C(=O)NCCO)[C@H]21. The maximum atomic E-state index is 14.1. The molecule has 2 amide bonds. The summed E-state index contributed by atoms with van der Waals surface area (Å²) in [6, 6.07) is 10.4. The molecule has 0 radical (unpaired) electrons. The minimum Gasteiger partial charge on any atom is -0.493 e. The van der Waals surface area contributed by atoms with Crippen LogP contribution in [0.15, 0.2) is 63.3 Å². The van der Waals surface area contributed by atoms with Gasteiger partial charge in [0.1, 0.15) is 29.6 Å². The van der Waals surface area contributed by atoms with E-state index in [1.807, 2.05) is 0 Å². The number of aliphatic hydroxyl groups is 2. The van der Waals surface area contributed by atoms with Crippen molar-refractivity contribution >= 4 is 29.1 Å². The number of para-hydroxylation sites is 1. The lowest BCUT2D eigenvalue weighted by molar-refractivity contribution is -0.118. The van der Waals surface area contributed by atoms with Gasteiger partial charge in [-0.15, -0.1) is 0 Å². The van der Waals surface area contributed by atoms with Crippen molar-refractivity contribution in [3.05, 3.63) is 81.2 Å². The second-order valence-electron chi connectivity index (χ2n) is 10.8. The second kappa shape index (κ2) is 11.1. The second-order valence-corrected chi connectivity index (χ2v) is 10.8. The van der Waals surface area contributed by atoms with Crippen LogP contribution in [0.25, 0.3) is 11.0 Å². The fraction of sp³-hybridized carbons (Fsp3) is 0.355. The fourth-order valence-corrected chi connectivity index (χ4v) is 5.84. The van der Waals surface area contributed by atoms with Gasteiger partial charge in [-0.2, -0.15) is 0 Å². The van der Waals surface area contributed by atoms with Crippen LogP contribution in [-0.4, -0.2) is 78.3 Å². The van der Waals surface area contributed by atoms with Crippen molar-refractivity contribution in [2.45, 2.75) is 37.0 Å². The van der Waals surface area contributed by atoms with Gasteiger partial charge in [-0.1, -0.05) is 18.2 Å². The van der Waals surface area contributed by atoms with Crippen molar-refractivity contribution < 1.29 is 38.5 Å². The molecule has 4 atom stereocenters. The molecule has 218 valence electrons. The molecular weight excluding hydrogens is 544 g/mol. The molecule has 3 aromatic rings. The molecule has 2 aliphatic carbocycles. The number of ether oxygens (including phenoxy) is 2. The highest BCUT2D eigenvalue weighted by Gasteiger charge is 2.52. The van der Waals surface area contributed by atoms with Crippen molar-refractivity contribution in [3.8, 4) is 11.5 Å². The van der Waals surface area contributed by atoms with Gasteiger partial charge in [-0.05, 0) is 49.1 Å². The average molecular weight is 575 g/mol. The summed E-state index contributed by atoms with van der Waals surface area (Å²) in [6.07, 6.45) is 1.62. The third kappa shape index (κ3) is 4.84. The first kappa shape index (κ1) is 27.7. The van der Waals surface area contributed by atoms with Gasteiger partial charge in [-0.3, -0.25) is 14.4 Å². The number of fused-ring (bicyclic) bond motifs is 4. The van der Waals surface area contributed by atoms with Crippen LogP contribution >= 0.6 is 0 Å². The van der Waals surface area contributed by atoms with Crippen molar-refractivity contribution in [2.24, 2.45) is 5.92 Å². The minimum absolute atomic E-state index is 0.0188. The van der Waals surface area contributed by atoms with Crippen molar-refractivity contribution in [3.63, 3.8) is 0 Å². The van der Waals surface area contributed by atoms with Gasteiger partial charge in [0.15, 0.2) is 11.5 Å². The smallest absolute Gasteiger partial charge is 0.349 e. The van der Waals surface area contributed by atoms with Gasteiger partial charge in [-0.25, -0.2) is 4.79 Å². The summed E-state index contributed by atoms with van der Waals surface area (Å²) in [5.41, 5.74) is 0.345. The summed E-state index contributed by atoms with van der Waals surface area (Å²) in [5.74, 6) is -1.22. The first-order valence-electron chi connectivity index (χ1n) is 13.8. The summed E-state index contributed by atoms with van der Waals surface area (Å²) in [6.45, 7) is -0.0632. The summed E-state index contributed by atoms with van der Waals surface area (Å²) >= 11 is 0. The molecule has 3 N–H and O–H groups in total. The van der Waals surface area contributed by atoms with E-state index in [2.05, 4.69) is 5.32 Å². The molecule has 2 heterocycles. The van der Waals surface area contributed by atoms with Crippen molar-refractivity contribution in [1.29, 1.82) is 0 Å². The first-order chi connectivity index (χ1) is 20.3. The molecule has 0 saturated heterocycles. The normalized spacial score (nSPS) is 22.4. The van der Waals surface area contributed by atoms with Crippen LogP contribution in [0.4, 0.5) is 0 Å². The molecule has 1 aromatic heterocycles. The van der Waals surface area contributed by atoms with E-state index in [4.69, 9.17) is 13.9 Å². The van der Waals surface area contributed by atoms with E-state index in [9.17, 15) is 29.4 Å². The molecule has 0 bridgehead atoms. The van der Waals surface area contributed by atoms with E-state index in [1.165, 1.54) is 30.2 Å². The summed E-state index contributed by atoms with van der Waals surface area (Å²) in [5, 5.41) is 24.3. The standard InChI is InChI=1S/C31H30N2O9/c1-40-24-11-17(15-35)10-19-25-20(29(37)32-8-9-34)13-22(26(36)28(25)42-27(19)24)33(14-16-6-7-16)30(38)21-12-18-4-2-3-5-23(18)41-31(21)39/h2-5,10-13,15-16,22,25-26,28,34,36H,6-9,14H2,1H3,(H,32,37)/t22-,25+,26+,28+/m1/s1. The number of hydrogen-bond acceptors (Lipinski definition) is 9. The number of carbonyl (C=O) groups is 3. The van der Waals surface area contributed by atoms with E-state index in [0.29, 0.717) is 28.4 Å². The quantitative estimate of drug-likeness (QED) is 0.256. The lowest BCUT2D eigenvalue weighted by Gasteiger charge is -2.40. The molecule has 42 heavy (non-hydrogen) atoms. The van der Waals surface area contributed by atoms with Gasteiger partial charge < -0.3 is 34.3 Å². The highest BCUT2D eigenvalue weighted by molar-refractivity contribution is 5.99. The molecule has 1 aliphatic heterocycles. The average Bonchev–Trinajstić information content (AvgIpc) is 3.75. The Hall–Kier alpha value is -4.48. The van der Waals surface area contributed by atoms with E-state index in [1.54, 1.807) is 30.3 Å². The molecule has 11 heteroatoms. The number of benzene rings is 2. The fourth-order valence-electron chi connectivity index (χ4n) is 5.84. The molecule has 2 aromatic carbocycles. The third-order valence-corrected chi connectivity index (χ3v) is 8.06. The van der Waals surface area contributed by atoms with E-state index in [-0.39, 0.29) is 48.2 Å². The van der Waals surface area contributed by atoms with Crippen LogP contribution in [-0.2, 0) is 4.79 Å². The molecule has 6 rings (SSSR count). The number of methoxy groups -OCH3 is 1. The molecule has 1 fully saturated rings. The maximum Gasteiger partial charge on any atom is 0.349 e. The Bertz CT molecular complexity index is 1660. The topological polar surface area (TPSA) is 156 Å². The van der Waals surface area contributed by atoms with Crippen LogP contribution < -0.4 is 20.4 Å². The Balaban J connectivity index is 1.46. The van der Waals surface area contributed by atoms with Gasteiger partial charge in [0.05, 0.1) is 25.7 Å². The summed E-state index contributed by atoms with van der Waals surface area (Å²) in [7, 11) is 1.42. The van der Waals surface area contributed by atoms with Gasteiger partial charge in [0, 0.05) is 35.2 Å². The minimum atomic E-state index is -1.31. The third-order valence-electron chi connectivity index (χ3n) is 8.06. The summed E-state index contributed by atoms with van der Waals surface area (Å²) < 4.78 is 17.1. The monoisotopic (exact) mass is 574 g/mol. The Morgan fingerprint density at radius 3 is 2.69 bits per heavy atom. The van der Waals surface area contributed by atoms with Crippen LogP contribution in [0.2, 0.25) is 0 Å².